The van der Waals surface area contributed by atoms with Crippen LogP contribution in [0.5, 0.6) is 0 Å². The Hall–Kier alpha value is -1.00. The third-order valence-electron chi connectivity index (χ3n) is 4.87. The number of hydrogen-bond donors (Lipinski definition) is 1. The van der Waals surface area contributed by atoms with Crippen molar-refractivity contribution < 1.29 is 8.78 Å². The van der Waals surface area contributed by atoms with E-state index in [1.807, 2.05) is 0 Å². The number of piperazine rings is 1. The van der Waals surface area contributed by atoms with Crippen molar-refractivity contribution >= 4 is 0 Å². The van der Waals surface area contributed by atoms with Gasteiger partial charge in [-0.05, 0) is 25.8 Å². The molecule has 2 nitrogen and oxygen atoms in total. The summed E-state index contributed by atoms with van der Waals surface area (Å²) in [6, 6.07) is 4.81. The van der Waals surface area contributed by atoms with Crippen LogP contribution < -0.4 is 5.32 Å². The topological polar surface area (TPSA) is 15.3 Å². The summed E-state index contributed by atoms with van der Waals surface area (Å²) in [6.07, 6.45) is 4.93. The zero-order valence-electron chi connectivity index (χ0n) is 12.0. The molecule has 0 amide bonds. The van der Waals surface area contributed by atoms with E-state index in [9.17, 15) is 8.78 Å². The molecule has 1 heterocycles. The molecule has 1 aromatic carbocycles. The molecule has 0 radical (unpaired) electrons. The van der Waals surface area contributed by atoms with Crippen LogP contribution in [0.2, 0.25) is 0 Å². The van der Waals surface area contributed by atoms with Crippen molar-refractivity contribution in [1.29, 1.82) is 0 Å². The van der Waals surface area contributed by atoms with Gasteiger partial charge in [-0.1, -0.05) is 25.0 Å². The van der Waals surface area contributed by atoms with Crippen LogP contribution in [0.25, 0.3) is 0 Å². The van der Waals surface area contributed by atoms with E-state index >= 15 is 0 Å². The maximum absolute atomic E-state index is 13.8. The molecule has 0 bridgehead atoms. The molecule has 4 heteroatoms. The van der Waals surface area contributed by atoms with Crippen molar-refractivity contribution in [1.82, 2.24) is 10.2 Å². The van der Waals surface area contributed by atoms with Crippen molar-refractivity contribution in [2.24, 2.45) is 0 Å². The van der Waals surface area contributed by atoms with Crippen LogP contribution >= 0.6 is 0 Å². The average molecular weight is 280 g/mol. The lowest BCUT2D eigenvalue weighted by Crippen LogP contribution is -2.62. The summed E-state index contributed by atoms with van der Waals surface area (Å²) >= 11 is 0. The molecule has 20 heavy (non-hydrogen) atoms. The Balaban J connectivity index is 1.76. The summed E-state index contributed by atoms with van der Waals surface area (Å²) in [5, 5.41) is 3.68. The van der Waals surface area contributed by atoms with E-state index in [0.29, 0.717) is 18.2 Å². The minimum Gasteiger partial charge on any atom is -0.308 e. The number of nitrogens with zero attached hydrogens (tertiary/aromatic N) is 1. The first-order valence-corrected chi connectivity index (χ1v) is 7.52. The fourth-order valence-corrected chi connectivity index (χ4v) is 3.58. The molecule has 1 atom stereocenters. The molecule has 1 saturated heterocycles. The second kappa shape index (κ2) is 5.41. The first-order chi connectivity index (χ1) is 9.60. The molecule has 1 saturated carbocycles. The van der Waals surface area contributed by atoms with E-state index in [1.165, 1.54) is 31.7 Å². The number of halogens is 2. The van der Waals surface area contributed by atoms with E-state index in [4.69, 9.17) is 0 Å². The standard InChI is InChI=1S/C16H22F2N2/c1-12-9-19-16(7-2-3-8-16)11-20(12)10-13-5-4-6-14(17)15(13)18/h4-6,12,19H,2-3,7-11H2,1H3. The molecule has 1 unspecified atom stereocenters. The maximum Gasteiger partial charge on any atom is 0.163 e. The van der Waals surface area contributed by atoms with Crippen molar-refractivity contribution in [3.63, 3.8) is 0 Å². The van der Waals surface area contributed by atoms with Gasteiger partial charge in [0, 0.05) is 36.8 Å². The van der Waals surface area contributed by atoms with Crippen molar-refractivity contribution in [3.8, 4) is 0 Å². The Labute approximate surface area is 119 Å². The van der Waals surface area contributed by atoms with E-state index in [-0.39, 0.29) is 5.54 Å². The zero-order chi connectivity index (χ0) is 14.2. The van der Waals surface area contributed by atoms with Crippen LogP contribution in [0.4, 0.5) is 8.78 Å². The molecule has 1 aromatic rings. The van der Waals surface area contributed by atoms with E-state index in [0.717, 1.165) is 13.1 Å². The van der Waals surface area contributed by atoms with Crippen LogP contribution in [0.3, 0.4) is 0 Å². The third kappa shape index (κ3) is 2.59. The van der Waals surface area contributed by atoms with Crippen LogP contribution in [-0.2, 0) is 6.54 Å². The summed E-state index contributed by atoms with van der Waals surface area (Å²) < 4.78 is 27.2. The zero-order valence-corrected chi connectivity index (χ0v) is 12.0. The van der Waals surface area contributed by atoms with E-state index in [1.54, 1.807) is 12.1 Å². The second-order valence-electron chi connectivity index (χ2n) is 6.34. The molecule has 1 aliphatic carbocycles. The smallest absolute Gasteiger partial charge is 0.163 e. The van der Waals surface area contributed by atoms with Gasteiger partial charge in [0.05, 0.1) is 0 Å². The lowest BCUT2D eigenvalue weighted by Gasteiger charge is -2.45. The van der Waals surface area contributed by atoms with Gasteiger partial charge in [-0.3, -0.25) is 4.90 Å². The molecule has 110 valence electrons. The molecule has 1 N–H and O–H groups in total. The summed E-state index contributed by atoms with van der Waals surface area (Å²) in [4.78, 5) is 2.29. The van der Waals surface area contributed by atoms with Gasteiger partial charge < -0.3 is 5.32 Å². The highest BCUT2D eigenvalue weighted by Gasteiger charge is 2.39. The fourth-order valence-electron chi connectivity index (χ4n) is 3.58. The minimum absolute atomic E-state index is 0.205. The predicted molar refractivity (Wildman–Crippen MR) is 75.4 cm³/mol. The molecule has 2 fully saturated rings. The third-order valence-corrected chi connectivity index (χ3v) is 4.87. The molecule has 3 rings (SSSR count). The van der Waals surface area contributed by atoms with Gasteiger partial charge in [0.1, 0.15) is 0 Å². The lowest BCUT2D eigenvalue weighted by molar-refractivity contribution is 0.0815. The van der Waals surface area contributed by atoms with Crippen molar-refractivity contribution in [3.05, 3.63) is 35.4 Å². The van der Waals surface area contributed by atoms with Gasteiger partial charge in [0.15, 0.2) is 11.6 Å². The normalized spacial score (nSPS) is 26.2. The summed E-state index contributed by atoms with van der Waals surface area (Å²) in [6.45, 7) is 4.50. The fraction of sp³-hybridized carbons (Fsp3) is 0.625. The van der Waals surface area contributed by atoms with E-state index in [2.05, 4.69) is 17.1 Å². The summed E-state index contributed by atoms with van der Waals surface area (Å²) in [5.74, 6) is -1.44. The number of benzene rings is 1. The molecule has 2 aliphatic rings. The number of hydrogen-bond acceptors (Lipinski definition) is 2. The van der Waals surface area contributed by atoms with Crippen LogP contribution in [0.15, 0.2) is 18.2 Å². The van der Waals surface area contributed by atoms with Crippen LogP contribution in [0.1, 0.15) is 38.2 Å². The van der Waals surface area contributed by atoms with Crippen LogP contribution in [-0.4, -0.2) is 29.6 Å². The summed E-state index contributed by atoms with van der Waals surface area (Å²) in [5.41, 5.74) is 0.669. The second-order valence-corrected chi connectivity index (χ2v) is 6.34. The quantitative estimate of drug-likeness (QED) is 0.895. The predicted octanol–water partition coefficient (Wildman–Crippen LogP) is 3.07. The van der Waals surface area contributed by atoms with Gasteiger partial charge in [0.2, 0.25) is 0 Å². The average Bonchev–Trinajstić information content (AvgIpc) is 2.88. The van der Waals surface area contributed by atoms with E-state index < -0.39 is 11.6 Å². The Morgan fingerprint density at radius 3 is 2.80 bits per heavy atom. The Morgan fingerprint density at radius 2 is 2.05 bits per heavy atom. The monoisotopic (exact) mass is 280 g/mol. The Kier molecular flexibility index (Phi) is 3.78. The van der Waals surface area contributed by atoms with Gasteiger partial charge >= 0.3 is 0 Å². The highest BCUT2D eigenvalue weighted by Crippen LogP contribution is 2.33. The first-order valence-electron chi connectivity index (χ1n) is 7.52. The van der Waals surface area contributed by atoms with Gasteiger partial charge in [-0.25, -0.2) is 8.78 Å². The largest absolute Gasteiger partial charge is 0.308 e. The van der Waals surface area contributed by atoms with Gasteiger partial charge in [-0.2, -0.15) is 0 Å². The van der Waals surface area contributed by atoms with Gasteiger partial charge in [-0.15, -0.1) is 0 Å². The van der Waals surface area contributed by atoms with Gasteiger partial charge in [0.25, 0.3) is 0 Å². The maximum atomic E-state index is 13.8. The molecule has 1 aliphatic heterocycles. The number of nitrogens with one attached hydrogen (secondary N) is 1. The SMILES string of the molecule is CC1CNC2(CCCC2)CN1Cc1cccc(F)c1F. The molecular formula is C16H22F2N2. The molecule has 1 spiro atoms. The highest BCUT2D eigenvalue weighted by molar-refractivity contribution is 5.19. The minimum atomic E-state index is -0.749. The number of rotatable bonds is 2. The lowest BCUT2D eigenvalue weighted by atomic mass is 9.92. The van der Waals surface area contributed by atoms with Crippen LogP contribution in [0, 0.1) is 11.6 Å². The Bertz CT molecular complexity index is 483. The first kappa shape index (κ1) is 14.0. The Morgan fingerprint density at radius 1 is 1.30 bits per heavy atom. The molecule has 0 aromatic heterocycles. The summed E-state index contributed by atoms with van der Waals surface area (Å²) in [7, 11) is 0. The highest BCUT2D eigenvalue weighted by atomic mass is 19.2. The van der Waals surface area contributed by atoms with Crippen molar-refractivity contribution in [2.75, 3.05) is 13.1 Å². The van der Waals surface area contributed by atoms with Crippen molar-refractivity contribution in [2.45, 2.75) is 50.7 Å². The molecular weight excluding hydrogens is 258 g/mol.